The van der Waals surface area contributed by atoms with Crippen LogP contribution in [0.25, 0.3) is 0 Å². The van der Waals surface area contributed by atoms with Gasteiger partial charge in [0.05, 0.1) is 23.1 Å². The zero-order valence-electron chi connectivity index (χ0n) is 19.5. The van der Waals surface area contributed by atoms with Gasteiger partial charge in [-0.2, -0.15) is 18.4 Å². The predicted octanol–water partition coefficient (Wildman–Crippen LogP) is 3.00. The third-order valence-electron chi connectivity index (χ3n) is 7.49. The van der Waals surface area contributed by atoms with Crippen molar-refractivity contribution in [3.8, 4) is 6.07 Å². The van der Waals surface area contributed by atoms with Crippen molar-refractivity contribution in [1.82, 2.24) is 20.2 Å². The van der Waals surface area contributed by atoms with Gasteiger partial charge in [0, 0.05) is 55.7 Å². The van der Waals surface area contributed by atoms with Gasteiger partial charge in [-0.1, -0.05) is 0 Å². The molecule has 0 bridgehead atoms. The number of halogens is 3. The molecule has 1 aromatic carbocycles. The fourth-order valence-electron chi connectivity index (χ4n) is 5.34. The highest BCUT2D eigenvalue weighted by atomic mass is 19.4. The number of aromatic nitrogens is 2. The Morgan fingerprint density at radius 2 is 1.83 bits per heavy atom. The van der Waals surface area contributed by atoms with Crippen LogP contribution in [-0.2, 0) is 11.0 Å². The zero-order valence-corrected chi connectivity index (χ0v) is 19.5. The Morgan fingerprint density at radius 1 is 1.14 bits per heavy atom. The molecular formula is C25H25F3N6O2. The summed E-state index contributed by atoms with van der Waals surface area (Å²) < 4.78 is 40.4. The molecule has 1 aromatic heterocycles. The number of amides is 2. The highest BCUT2D eigenvalue weighted by Gasteiger charge is 2.53. The van der Waals surface area contributed by atoms with E-state index in [9.17, 15) is 22.8 Å². The van der Waals surface area contributed by atoms with Crippen LogP contribution >= 0.6 is 0 Å². The summed E-state index contributed by atoms with van der Waals surface area (Å²) in [6, 6.07) is 7.15. The average Bonchev–Trinajstić information content (AvgIpc) is 3.62. The van der Waals surface area contributed by atoms with Crippen LogP contribution in [0, 0.1) is 22.7 Å². The Hall–Kier alpha value is -3.68. The van der Waals surface area contributed by atoms with Crippen molar-refractivity contribution in [1.29, 1.82) is 5.26 Å². The first-order valence-corrected chi connectivity index (χ1v) is 11.9. The third kappa shape index (κ3) is 4.59. The largest absolute Gasteiger partial charge is 0.417 e. The van der Waals surface area contributed by atoms with Crippen LogP contribution in [0.4, 0.5) is 18.9 Å². The molecule has 1 atom stereocenters. The maximum absolute atomic E-state index is 13.5. The van der Waals surface area contributed by atoms with Gasteiger partial charge in [-0.3, -0.25) is 9.59 Å². The summed E-state index contributed by atoms with van der Waals surface area (Å²) in [6.07, 6.45) is 1.33. The highest BCUT2D eigenvalue weighted by molar-refractivity contribution is 5.92. The van der Waals surface area contributed by atoms with E-state index >= 15 is 0 Å². The lowest BCUT2D eigenvalue weighted by Gasteiger charge is -2.43. The van der Waals surface area contributed by atoms with E-state index in [1.807, 2.05) is 4.90 Å². The van der Waals surface area contributed by atoms with Gasteiger partial charge in [-0.15, -0.1) is 0 Å². The number of nitriles is 1. The molecule has 1 N–H and O–H groups in total. The molecule has 11 heteroatoms. The molecule has 3 heterocycles. The van der Waals surface area contributed by atoms with Crippen molar-refractivity contribution in [3.63, 3.8) is 0 Å². The SMILES string of the molecule is N#Cc1ccc(N2CCC3(CC2)CN(C(=O)c2ncccn2)CC3C(=O)NC2CC2)cc1C(F)(F)F. The molecule has 3 aliphatic rings. The topological polar surface area (TPSA) is 102 Å². The van der Waals surface area contributed by atoms with Gasteiger partial charge in [0.15, 0.2) is 0 Å². The van der Waals surface area contributed by atoms with Crippen LogP contribution in [0.1, 0.15) is 47.4 Å². The minimum atomic E-state index is -4.63. The van der Waals surface area contributed by atoms with Crippen molar-refractivity contribution < 1.29 is 22.8 Å². The van der Waals surface area contributed by atoms with Crippen molar-refractivity contribution in [2.45, 2.75) is 37.9 Å². The lowest BCUT2D eigenvalue weighted by Crippen LogP contribution is -2.49. The normalized spacial score (nSPS) is 21.3. The van der Waals surface area contributed by atoms with Gasteiger partial charge < -0.3 is 15.1 Å². The summed E-state index contributed by atoms with van der Waals surface area (Å²) in [5, 5.41) is 12.1. The molecule has 188 valence electrons. The van der Waals surface area contributed by atoms with Crippen LogP contribution in [0.2, 0.25) is 0 Å². The number of nitrogens with zero attached hydrogens (tertiary/aromatic N) is 5. The van der Waals surface area contributed by atoms with Gasteiger partial charge in [0.2, 0.25) is 11.7 Å². The molecule has 2 amide bonds. The summed E-state index contributed by atoms with van der Waals surface area (Å²) in [6.45, 7) is 1.48. The first-order chi connectivity index (χ1) is 17.2. The van der Waals surface area contributed by atoms with Crippen LogP contribution in [0.3, 0.4) is 0 Å². The maximum Gasteiger partial charge on any atom is 0.417 e. The van der Waals surface area contributed by atoms with E-state index in [0.717, 1.165) is 18.9 Å². The van der Waals surface area contributed by atoms with E-state index in [2.05, 4.69) is 15.3 Å². The smallest absolute Gasteiger partial charge is 0.371 e. The standard InChI is InChI=1S/C25H25F3N6O2/c26-25(27,28)19-12-18(5-2-16(19)13-29)33-10-6-24(7-11-33)15-34(23(36)21-30-8-1-9-31-21)14-20(24)22(35)32-17-3-4-17/h1-2,5,8-9,12,17,20H,3-4,6-7,10-11,14-15H2,(H,32,35). The number of rotatable bonds is 4. The second-order valence-electron chi connectivity index (χ2n) is 9.78. The molecule has 5 rings (SSSR count). The molecule has 2 aliphatic heterocycles. The number of hydrogen-bond acceptors (Lipinski definition) is 6. The Balaban J connectivity index is 1.36. The molecule has 8 nitrogen and oxygen atoms in total. The quantitative estimate of drug-likeness (QED) is 0.696. The predicted molar refractivity (Wildman–Crippen MR) is 123 cm³/mol. The van der Waals surface area contributed by atoms with E-state index < -0.39 is 28.6 Å². The number of alkyl halides is 3. The number of benzene rings is 1. The minimum Gasteiger partial charge on any atom is -0.371 e. The van der Waals surface area contributed by atoms with Crippen molar-refractivity contribution >= 4 is 17.5 Å². The lowest BCUT2D eigenvalue weighted by atomic mass is 9.70. The highest BCUT2D eigenvalue weighted by Crippen LogP contribution is 2.46. The molecule has 1 spiro atoms. The molecule has 1 aliphatic carbocycles. The number of hydrogen-bond donors (Lipinski definition) is 1. The summed E-state index contributed by atoms with van der Waals surface area (Å²) in [7, 11) is 0. The first kappa shape index (κ1) is 24.0. The van der Waals surface area contributed by atoms with E-state index in [-0.39, 0.29) is 30.2 Å². The molecule has 2 aromatic rings. The number of nitrogens with one attached hydrogen (secondary N) is 1. The molecule has 3 fully saturated rings. The van der Waals surface area contributed by atoms with E-state index in [0.29, 0.717) is 38.2 Å². The number of anilines is 1. The Kier molecular flexibility index (Phi) is 6.06. The molecule has 36 heavy (non-hydrogen) atoms. The molecular weight excluding hydrogens is 473 g/mol. The monoisotopic (exact) mass is 498 g/mol. The Bertz CT molecular complexity index is 1200. The summed E-state index contributed by atoms with van der Waals surface area (Å²) in [5.74, 6) is -0.751. The second kappa shape index (κ2) is 9.08. The van der Waals surface area contributed by atoms with Crippen molar-refractivity contribution in [2.75, 3.05) is 31.1 Å². The molecule has 0 radical (unpaired) electrons. The number of likely N-dealkylation sites (tertiary alicyclic amines) is 1. The Morgan fingerprint density at radius 3 is 2.44 bits per heavy atom. The third-order valence-corrected chi connectivity index (χ3v) is 7.49. The maximum atomic E-state index is 13.5. The molecule has 2 saturated heterocycles. The second-order valence-corrected chi connectivity index (χ2v) is 9.78. The number of piperidine rings is 1. The zero-order chi connectivity index (χ0) is 25.5. The number of carbonyl (C=O) groups excluding carboxylic acids is 2. The summed E-state index contributed by atoms with van der Waals surface area (Å²) in [4.78, 5) is 37.9. The van der Waals surface area contributed by atoms with E-state index in [1.165, 1.54) is 24.5 Å². The van der Waals surface area contributed by atoms with Gasteiger partial charge in [-0.25, -0.2) is 9.97 Å². The van der Waals surface area contributed by atoms with Gasteiger partial charge in [0.25, 0.3) is 5.91 Å². The van der Waals surface area contributed by atoms with Crippen molar-refractivity contribution in [2.24, 2.45) is 11.3 Å². The van der Waals surface area contributed by atoms with Crippen LogP contribution in [-0.4, -0.2) is 58.9 Å². The van der Waals surface area contributed by atoms with E-state index in [4.69, 9.17) is 5.26 Å². The van der Waals surface area contributed by atoms with Crippen LogP contribution in [0.15, 0.2) is 36.7 Å². The lowest BCUT2D eigenvalue weighted by molar-refractivity contribution is -0.137. The Labute approximate surface area is 206 Å². The van der Waals surface area contributed by atoms with Gasteiger partial charge in [-0.05, 0) is 49.9 Å². The van der Waals surface area contributed by atoms with Crippen LogP contribution in [0.5, 0.6) is 0 Å². The summed E-state index contributed by atoms with van der Waals surface area (Å²) >= 11 is 0. The number of carbonyl (C=O) groups is 2. The fourth-order valence-corrected chi connectivity index (χ4v) is 5.34. The minimum absolute atomic E-state index is 0.0746. The van der Waals surface area contributed by atoms with Gasteiger partial charge in [0.1, 0.15) is 0 Å². The molecule has 1 unspecified atom stereocenters. The molecule has 1 saturated carbocycles. The van der Waals surface area contributed by atoms with Crippen molar-refractivity contribution in [3.05, 3.63) is 53.6 Å². The fraction of sp³-hybridized carbons (Fsp3) is 0.480. The summed E-state index contributed by atoms with van der Waals surface area (Å²) in [5.41, 5.74) is -1.47. The van der Waals surface area contributed by atoms with E-state index in [1.54, 1.807) is 17.0 Å². The van der Waals surface area contributed by atoms with Gasteiger partial charge >= 0.3 is 6.18 Å². The average molecular weight is 499 g/mol. The van der Waals surface area contributed by atoms with Crippen LogP contribution < -0.4 is 10.2 Å². The first-order valence-electron chi connectivity index (χ1n) is 11.9.